The Morgan fingerprint density at radius 1 is 1.36 bits per heavy atom. The van der Waals surface area contributed by atoms with Gasteiger partial charge in [0.1, 0.15) is 17.8 Å². The lowest BCUT2D eigenvalue weighted by molar-refractivity contribution is -0.275. The van der Waals surface area contributed by atoms with Crippen LogP contribution in [0.4, 0.5) is 17.6 Å². The molecule has 178 valence electrons. The van der Waals surface area contributed by atoms with Crippen LogP contribution in [0.25, 0.3) is 0 Å². The van der Waals surface area contributed by atoms with Crippen LogP contribution in [0.15, 0.2) is 41.2 Å². The fourth-order valence-electron chi connectivity index (χ4n) is 2.45. The van der Waals surface area contributed by atoms with Gasteiger partial charge in [-0.15, -0.1) is 13.2 Å². The van der Waals surface area contributed by atoms with Crippen molar-refractivity contribution in [2.75, 3.05) is 20.8 Å². The summed E-state index contributed by atoms with van der Waals surface area (Å²) >= 11 is 1.05. The second-order valence-electron chi connectivity index (χ2n) is 6.10. The third-order valence-electron chi connectivity index (χ3n) is 3.83. The van der Waals surface area contributed by atoms with E-state index in [0.29, 0.717) is 16.4 Å². The number of benzene rings is 1. The molecule has 0 fully saturated rings. The van der Waals surface area contributed by atoms with E-state index in [1.807, 2.05) is 0 Å². The van der Waals surface area contributed by atoms with Crippen molar-refractivity contribution >= 4 is 29.4 Å². The van der Waals surface area contributed by atoms with E-state index in [4.69, 9.17) is 15.2 Å². The zero-order valence-electron chi connectivity index (χ0n) is 17.2. The zero-order valence-corrected chi connectivity index (χ0v) is 18.0. The third-order valence-corrected chi connectivity index (χ3v) is 4.81. The summed E-state index contributed by atoms with van der Waals surface area (Å²) in [6.45, 7) is -0.176. The normalized spacial score (nSPS) is 13.4. The molecule has 9 nitrogen and oxygen atoms in total. The number of aromatic nitrogens is 1. The van der Waals surface area contributed by atoms with Gasteiger partial charge in [-0.25, -0.2) is 14.4 Å². The molecule has 1 amide bonds. The fraction of sp³-hybridized carbons (Fsp3) is 0.263. The van der Waals surface area contributed by atoms with Crippen molar-refractivity contribution in [2.24, 2.45) is 10.7 Å². The molecule has 0 saturated heterocycles. The molecule has 1 unspecified atom stereocenters. The predicted octanol–water partition coefficient (Wildman–Crippen LogP) is 2.48. The van der Waals surface area contributed by atoms with Crippen LogP contribution in [0.3, 0.4) is 0 Å². The van der Waals surface area contributed by atoms with Crippen molar-refractivity contribution in [1.82, 2.24) is 10.3 Å². The molecular formula is C19H18F4N4O5S. The van der Waals surface area contributed by atoms with E-state index >= 15 is 0 Å². The highest BCUT2D eigenvalue weighted by Crippen LogP contribution is 2.28. The molecule has 0 spiro atoms. The smallest absolute Gasteiger partial charge is 0.473 e. The van der Waals surface area contributed by atoms with E-state index in [2.05, 4.69) is 20.0 Å². The Hall–Kier alpha value is -3.52. The number of alkyl halides is 3. The minimum absolute atomic E-state index is 0.0758. The molecule has 0 radical (unpaired) electrons. The minimum atomic E-state index is -5.07. The molecule has 2 aromatic rings. The van der Waals surface area contributed by atoms with Gasteiger partial charge in [0.25, 0.3) is 11.1 Å². The molecule has 1 atom stereocenters. The highest BCUT2D eigenvalue weighted by molar-refractivity contribution is 7.15. The van der Waals surface area contributed by atoms with Gasteiger partial charge in [-0.2, -0.15) is 0 Å². The standard InChI is InChI=1S/C19H18F4N4O5S/c1-30-9-13(10-3-4-14(11(20)7-10)32-19(21,22)23)27-17(29)12(5-6-28)26-16(24)15-8-25-18(31-2)33-15/h3-8,13H,9H2,1-2H3,(H2,24,26)(H,27,29)/b12-5-. The quantitative estimate of drug-likeness (QED) is 0.172. The number of amidine groups is 1. The van der Waals surface area contributed by atoms with Crippen LogP contribution in [0.1, 0.15) is 16.5 Å². The summed E-state index contributed by atoms with van der Waals surface area (Å²) in [5.41, 5.74) is 5.56. The first-order chi connectivity index (χ1) is 15.6. The van der Waals surface area contributed by atoms with Gasteiger partial charge < -0.3 is 25.3 Å². The number of rotatable bonds is 10. The molecule has 0 aliphatic rings. The first-order valence-electron chi connectivity index (χ1n) is 8.92. The van der Waals surface area contributed by atoms with Crippen molar-refractivity contribution in [3.05, 3.63) is 52.4 Å². The Morgan fingerprint density at radius 3 is 2.64 bits per heavy atom. The van der Waals surface area contributed by atoms with Crippen molar-refractivity contribution in [3.63, 3.8) is 0 Å². The summed E-state index contributed by atoms with van der Waals surface area (Å²) in [7, 11) is 2.70. The molecule has 33 heavy (non-hydrogen) atoms. The fourth-order valence-corrected chi connectivity index (χ4v) is 3.08. The molecule has 0 saturated carbocycles. The highest BCUT2D eigenvalue weighted by atomic mass is 32.1. The van der Waals surface area contributed by atoms with Crippen molar-refractivity contribution in [2.45, 2.75) is 12.4 Å². The number of allylic oxidation sites excluding steroid dienone is 1. The van der Waals surface area contributed by atoms with Crippen LogP contribution >= 0.6 is 11.3 Å². The van der Waals surface area contributed by atoms with Crippen LogP contribution in [0.5, 0.6) is 10.9 Å². The number of amides is 1. The Labute approximate surface area is 188 Å². The van der Waals surface area contributed by atoms with Gasteiger partial charge >= 0.3 is 6.36 Å². The van der Waals surface area contributed by atoms with Crippen LogP contribution in [0.2, 0.25) is 0 Å². The monoisotopic (exact) mass is 490 g/mol. The number of halogens is 4. The number of thiazole rings is 1. The number of aldehydes is 1. The third kappa shape index (κ3) is 7.54. The Bertz CT molecular complexity index is 1060. The molecule has 0 aliphatic carbocycles. The van der Waals surface area contributed by atoms with Gasteiger partial charge in [-0.1, -0.05) is 17.4 Å². The number of nitrogens with zero attached hydrogens (tertiary/aromatic N) is 2. The van der Waals surface area contributed by atoms with Gasteiger partial charge in [0.15, 0.2) is 11.6 Å². The van der Waals surface area contributed by atoms with Gasteiger partial charge in [-0.05, 0) is 17.7 Å². The van der Waals surface area contributed by atoms with Crippen LogP contribution < -0.4 is 20.5 Å². The van der Waals surface area contributed by atoms with Gasteiger partial charge in [0.2, 0.25) is 0 Å². The van der Waals surface area contributed by atoms with Crippen LogP contribution in [0, 0.1) is 5.82 Å². The van der Waals surface area contributed by atoms with Crippen molar-refractivity contribution in [1.29, 1.82) is 0 Å². The molecule has 3 N–H and O–H groups in total. The second kappa shape index (κ2) is 11.4. The van der Waals surface area contributed by atoms with E-state index in [9.17, 15) is 27.2 Å². The highest BCUT2D eigenvalue weighted by Gasteiger charge is 2.32. The summed E-state index contributed by atoms with van der Waals surface area (Å²) in [4.78, 5) is 31.9. The minimum Gasteiger partial charge on any atom is -0.473 e. The number of hydrogen-bond acceptors (Lipinski definition) is 8. The van der Waals surface area contributed by atoms with Gasteiger partial charge in [0, 0.05) is 13.2 Å². The molecular weight excluding hydrogens is 472 g/mol. The molecule has 14 heteroatoms. The number of carbonyl (C=O) groups excluding carboxylic acids is 2. The molecule has 2 rings (SSSR count). The van der Waals surface area contributed by atoms with Gasteiger partial charge in [-0.3, -0.25) is 9.59 Å². The topological polar surface area (TPSA) is 125 Å². The van der Waals surface area contributed by atoms with E-state index in [0.717, 1.165) is 35.6 Å². The lowest BCUT2D eigenvalue weighted by atomic mass is 10.1. The van der Waals surface area contributed by atoms with Crippen molar-refractivity contribution < 1.29 is 41.4 Å². The number of nitrogens with one attached hydrogen (secondary N) is 1. The molecule has 1 aromatic heterocycles. The lowest BCUT2D eigenvalue weighted by Gasteiger charge is -2.19. The van der Waals surface area contributed by atoms with E-state index in [1.165, 1.54) is 20.4 Å². The van der Waals surface area contributed by atoms with Crippen LogP contribution in [-0.4, -0.2) is 50.2 Å². The number of aliphatic imine (C=N–C) groups is 1. The first kappa shape index (κ1) is 25.7. The predicted molar refractivity (Wildman–Crippen MR) is 109 cm³/mol. The van der Waals surface area contributed by atoms with E-state index in [1.54, 1.807) is 0 Å². The first-order valence-corrected chi connectivity index (χ1v) is 9.74. The summed E-state index contributed by atoms with van der Waals surface area (Å²) in [6, 6.07) is 1.64. The maximum Gasteiger partial charge on any atom is 0.573 e. The second-order valence-corrected chi connectivity index (χ2v) is 7.09. The van der Waals surface area contributed by atoms with Crippen LogP contribution in [-0.2, 0) is 14.3 Å². The van der Waals surface area contributed by atoms with Crippen molar-refractivity contribution in [3.8, 4) is 10.9 Å². The Morgan fingerprint density at radius 2 is 2.09 bits per heavy atom. The lowest BCUT2D eigenvalue weighted by Crippen LogP contribution is -2.32. The SMILES string of the molecule is COCC(NC(=O)/C(=C/C=O)N=C(N)c1cnc(OC)s1)c1ccc(OC(F)(F)F)c(F)c1. The van der Waals surface area contributed by atoms with E-state index in [-0.39, 0.29) is 23.7 Å². The number of ether oxygens (including phenoxy) is 3. The summed E-state index contributed by atoms with van der Waals surface area (Å²) < 4.78 is 64.7. The molecule has 1 aromatic carbocycles. The maximum atomic E-state index is 14.1. The largest absolute Gasteiger partial charge is 0.573 e. The molecule has 0 bridgehead atoms. The number of hydrogen-bond donors (Lipinski definition) is 2. The maximum absolute atomic E-state index is 14.1. The zero-order chi connectivity index (χ0) is 24.6. The molecule has 1 heterocycles. The van der Waals surface area contributed by atoms with E-state index < -0.39 is 29.9 Å². The summed E-state index contributed by atoms with van der Waals surface area (Å²) in [5, 5.41) is 2.77. The summed E-state index contributed by atoms with van der Waals surface area (Å²) in [6.07, 6.45) is -2.55. The number of carbonyl (C=O) groups is 2. The Balaban J connectivity index is 2.26. The average Bonchev–Trinajstić information content (AvgIpc) is 3.23. The molecule has 0 aliphatic heterocycles. The number of nitrogens with two attached hydrogens (primary N) is 1. The Kier molecular flexibility index (Phi) is 8.87. The summed E-state index contributed by atoms with van der Waals surface area (Å²) in [5.74, 6) is -3.33. The van der Waals surface area contributed by atoms with Gasteiger partial charge in [0.05, 0.1) is 30.8 Å². The average molecular weight is 490 g/mol. The number of methoxy groups -OCH3 is 2.